The molecule has 13 heteroatoms. The molecule has 0 spiro atoms. The number of Topliss-reactive ketones (excluding diaryl/α,β-unsaturated/α-hetero) is 2. The SMILES string of the molecule is O=C(CO)C(=O)C(O)C(O)C(O)C(O)CO.O=S(=O)(O)O. The Balaban J connectivity index is 0. The van der Waals surface area contributed by atoms with E-state index in [-0.39, 0.29) is 0 Å². The standard InChI is InChI=1S/C8H14O8.H2O4S/c9-1-3(11)5(13)7(15)8(16)6(14)4(12)2-10;1-5(2,3)4/h3,5,7-11,13,15-16H,1-2H2;(H2,1,2,3,4). The second-order valence-corrected chi connectivity index (χ2v) is 4.46. The quantitative estimate of drug-likeness (QED) is 0.161. The van der Waals surface area contributed by atoms with Crippen molar-refractivity contribution in [2.75, 3.05) is 13.2 Å². The Morgan fingerprint density at radius 2 is 1.29 bits per heavy atom. The monoisotopic (exact) mass is 336 g/mol. The molecule has 21 heavy (non-hydrogen) atoms. The molecule has 0 aliphatic carbocycles. The summed E-state index contributed by atoms with van der Waals surface area (Å²) < 4.78 is 31.6. The van der Waals surface area contributed by atoms with Gasteiger partial charge in [0.15, 0.2) is 0 Å². The third-order valence-electron chi connectivity index (χ3n) is 1.94. The van der Waals surface area contributed by atoms with Crippen molar-refractivity contribution in [1.82, 2.24) is 0 Å². The van der Waals surface area contributed by atoms with Gasteiger partial charge in [-0.3, -0.25) is 18.7 Å². The number of carbonyl (C=O) groups is 2. The highest BCUT2D eigenvalue weighted by molar-refractivity contribution is 7.79. The lowest BCUT2D eigenvalue weighted by atomic mass is 9.99. The van der Waals surface area contributed by atoms with E-state index in [0.717, 1.165) is 0 Å². The van der Waals surface area contributed by atoms with E-state index in [9.17, 15) is 14.7 Å². The molecule has 8 N–H and O–H groups in total. The fourth-order valence-electron chi connectivity index (χ4n) is 0.920. The van der Waals surface area contributed by atoms with Gasteiger partial charge in [-0.1, -0.05) is 0 Å². The molecule has 0 fully saturated rings. The largest absolute Gasteiger partial charge is 0.394 e. The van der Waals surface area contributed by atoms with E-state index in [4.69, 9.17) is 43.1 Å². The van der Waals surface area contributed by atoms with Crippen LogP contribution in [0.3, 0.4) is 0 Å². The molecule has 0 aromatic carbocycles. The highest BCUT2D eigenvalue weighted by atomic mass is 32.3. The van der Waals surface area contributed by atoms with Crippen molar-refractivity contribution in [1.29, 1.82) is 0 Å². The summed E-state index contributed by atoms with van der Waals surface area (Å²) in [6.45, 7) is -2.03. The van der Waals surface area contributed by atoms with Crippen molar-refractivity contribution in [3.8, 4) is 0 Å². The second-order valence-electron chi connectivity index (χ2n) is 3.57. The average Bonchev–Trinajstić information content (AvgIpc) is 2.40. The molecule has 4 unspecified atom stereocenters. The first-order valence-corrected chi connectivity index (χ1v) is 6.47. The fraction of sp³-hybridized carbons (Fsp3) is 0.750. The Morgan fingerprint density at radius 1 is 0.905 bits per heavy atom. The van der Waals surface area contributed by atoms with Crippen LogP contribution in [0.5, 0.6) is 0 Å². The van der Waals surface area contributed by atoms with Gasteiger partial charge in [-0.25, -0.2) is 0 Å². The number of aliphatic hydroxyl groups excluding tert-OH is 6. The lowest BCUT2D eigenvalue weighted by molar-refractivity contribution is -0.155. The Labute approximate surface area is 118 Å². The molecular formula is C8H16O12S. The zero-order chi connectivity index (χ0) is 17.4. The lowest BCUT2D eigenvalue weighted by Gasteiger charge is -2.24. The van der Waals surface area contributed by atoms with Crippen molar-refractivity contribution in [3.05, 3.63) is 0 Å². The molecule has 0 radical (unpaired) electrons. The van der Waals surface area contributed by atoms with Crippen LogP contribution in [-0.2, 0) is 20.0 Å². The molecule has 0 aliphatic heterocycles. The first-order valence-electron chi connectivity index (χ1n) is 5.07. The molecule has 4 atom stereocenters. The first kappa shape index (κ1) is 22.3. The maximum atomic E-state index is 11.0. The zero-order valence-electron chi connectivity index (χ0n) is 10.3. The maximum Gasteiger partial charge on any atom is 0.394 e. The summed E-state index contributed by atoms with van der Waals surface area (Å²) in [6, 6.07) is 0. The number of rotatable bonds is 7. The molecule has 0 aliphatic rings. The molecule has 0 saturated carbocycles. The van der Waals surface area contributed by atoms with Crippen LogP contribution < -0.4 is 0 Å². The van der Waals surface area contributed by atoms with Crippen LogP contribution in [0.1, 0.15) is 0 Å². The van der Waals surface area contributed by atoms with Gasteiger partial charge in [-0.05, 0) is 0 Å². The van der Waals surface area contributed by atoms with Gasteiger partial charge in [0.1, 0.15) is 31.0 Å². The Bertz CT molecular complexity index is 423. The van der Waals surface area contributed by atoms with Crippen LogP contribution in [-0.4, -0.2) is 97.4 Å². The maximum absolute atomic E-state index is 11.0. The summed E-state index contributed by atoms with van der Waals surface area (Å²) in [7, 11) is -4.67. The molecule has 0 bridgehead atoms. The Hall–Kier alpha value is -1.03. The number of hydrogen-bond acceptors (Lipinski definition) is 10. The van der Waals surface area contributed by atoms with Crippen LogP contribution in [0.4, 0.5) is 0 Å². The topological polar surface area (TPSA) is 230 Å². The third-order valence-corrected chi connectivity index (χ3v) is 1.94. The third kappa shape index (κ3) is 10.4. The van der Waals surface area contributed by atoms with Crippen LogP contribution in [0.2, 0.25) is 0 Å². The predicted molar refractivity (Wildman–Crippen MR) is 62.4 cm³/mol. The zero-order valence-corrected chi connectivity index (χ0v) is 11.2. The van der Waals surface area contributed by atoms with E-state index in [1.807, 2.05) is 0 Å². The molecule has 126 valence electrons. The van der Waals surface area contributed by atoms with Crippen LogP contribution >= 0.6 is 0 Å². The van der Waals surface area contributed by atoms with Crippen molar-refractivity contribution in [2.24, 2.45) is 0 Å². The molecule has 0 amide bonds. The molecule has 0 saturated heterocycles. The summed E-state index contributed by atoms with van der Waals surface area (Å²) in [5, 5.41) is 53.1. The molecule has 0 aromatic heterocycles. The Kier molecular flexibility index (Phi) is 10.4. The molecule has 0 aromatic rings. The smallest absolute Gasteiger partial charge is 0.394 e. The van der Waals surface area contributed by atoms with Crippen LogP contribution in [0.25, 0.3) is 0 Å². The van der Waals surface area contributed by atoms with E-state index in [0.29, 0.717) is 0 Å². The van der Waals surface area contributed by atoms with Crippen LogP contribution in [0, 0.1) is 0 Å². The van der Waals surface area contributed by atoms with E-state index in [1.54, 1.807) is 0 Å². The normalized spacial score (nSPS) is 17.0. The summed E-state index contributed by atoms with van der Waals surface area (Å²) in [4.78, 5) is 21.6. The summed E-state index contributed by atoms with van der Waals surface area (Å²) in [5.74, 6) is -2.82. The minimum absolute atomic E-state index is 0.896. The van der Waals surface area contributed by atoms with E-state index in [1.165, 1.54) is 0 Å². The minimum atomic E-state index is -4.67. The summed E-state index contributed by atoms with van der Waals surface area (Å²) in [5.41, 5.74) is 0. The number of aliphatic hydroxyl groups is 6. The van der Waals surface area contributed by atoms with Gasteiger partial charge in [-0.15, -0.1) is 0 Å². The molecular weight excluding hydrogens is 320 g/mol. The van der Waals surface area contributed by atoms with Crippen molar-refractivity contribution < 1.29 is 57.8 Å². The molecule has 0 heterocycles. The van der Waals surface area contributed by atoms with Gasteiger partial charge in [0.25, 0.3) is 0 Å². The first-order chi connectivity index (χ1) is 9.36. The van der Waals surface area contributed by atoms with Gasteiger partial charge >= 0.3 is 10.4 Å². The van der Waals surface area contributed by atoms with Crippen LogP contribution in [0.15, 0.2) is 0 Å². The van der Waals surface area contributed by atoms with E-state index >= 15 is 0 Å². The fourth-order valence-corrected chi connectivity index (χ4v) is 0.920. The van der Waals surface area contributed by atoms with Crippen molar-refractivity contribution in [2.45, 2.75) is 24.4 Å². The summed E-state index contributed by atoms with van der Waals surface area (Å²) in [6.07, 6.45) is -8.15. The number of carbonyl (C=O) groups excluding carboxylic acids is 2. The molecule has 0 rings (SSSR count). The van der Waals surface area contributed by atoms with Gasteiger partial charge in [0.2, 0.25) is 11.6 Å². The highest BCUT2D eigenvalue weighted by Gasteiger charge is 2.36. The average molecular weight is 336 g/mol. The molecule has 12 nitrogen and oxygen atoms in total. The van der Waals surface area contributed by atoms with Crippen molar-refractivity contribution >= 4 is 22.0 Å². The van der Waals surface area contributed by atoms with Crippen molar-refractivity contribution in [3.63, 3.8) is 0 Å². The van der Waals surface area contributed by atoms with Gasteiger partial charge in [0, 0.05) is 0 Å². The van der Waals surface area contributed by atoms with Gasteiger partial charge in [-0.2, -0.15) is 8.42 Å². The second kappa shape index (κ2) is 9.82. The Morgan fingerprint density at radius 3 is 1.57 bits per heavy atom. The van der Waals surface area contributed by atoms with Gasteiger partial charge in [0.05, 0.1) is 6.61 Å². The highest BCUT2D eigenvalue weighted by Crippen LogP contribution is 2.06. The number of ketones is 2. The number of hydrogen-bond donors (Lipinski definition) is 8. The van der Waals surface area contributed by atoms with Gasteiger partial charge < -0.3 is 30.6 Å². The minimum Gasteiger partial charge on any atom is -0.394 e. The summed E-state index contributed by atoms with van der Waals surface area (Å²) >= 11 is 0. The van der Waals surface area contributed by atoms with E-state index < -0.39 is 59.6 Å². The van der Waals surface area contributed by atoms with E-state index in [2.05, 4.69) is 0 Å². The lowest BCUT2D eigenvalue weighted by Crippen LogP contribution is -2.50. The predicted octanol–water partition coefficient (Wildman–Crippen LogP) is -5.10.